The Hall–Kier alpha value is -1.05. The van der Waals surface area contributed by atoms with E-state index in [4.69, 9.17) is 0 Å². The highest BCUT2D eigenvalue weighted by Crippen LogP contribution is 2.35. The maximum Gasteiger partial charge on any atom is 0.223 e. The third-order valence-corrected chi connectivity index (χ3v) is 3.23. The number of carbonyl (C=O) groups excluding carboxylic acids is 1. The first-order valence-electron chi connectivity index (χ1n) is 5.36. The van der Waals surface area contributed by atoms with Crippen LogP contribution in [0.3, 0.4) is 0 Å². The minimum atomic E-state index is 0.184. The molecule has 0 bridgehead atoms. The van der Waals surface area contributed by atoms with Gasteiger partial charge in [0, 0.05) is 24.6 Å². The summed E-state index contributed by atoms with van der Waals surface area (Å²) in [5.41, 5.74) is 1.23. The lowest BCUT2D eigenvalue weighted by atomic mass is 9.85. The predicted octanol–water partition coefficient (Wildman–Crippen LogP) is 2.48. The SMILES string of the molecule is CC(=O)N1C2=CC=CCC2CCC1C. The van der Waals surface area contributed by atoms with Crippen LogP contribution in [-0.4, -0.2) is 16.8 Å². The summed E-state index contributed by atoms with van der Waals surface area (Å²) < 4.78 is 0. The molecule has 1 aliphatic carbocycles. The highest BCUT2D eigenvalue weighted by atomic mass is 16.2. The van der Waals surface area contributed by atoms with Crippen LogP contribution >= 0.6 is 0 Å². The van der Waals surface area contributed by atoms with E-state index in [1.807, 2.05) is 4.90 Å². The van der Waals surface area contributed by atoms with Gasteiger partial charge in [0.2, 0.25) is 5.91 Å². The van der Waals surface area contributed by atoms with Crippen LogP contribution in [-0.2, 0) is 4.79 Å². The van der Waals surface area contributed by atoms with Gasteiger partial charge in [0.1, 0.15) is 0 Å². The number of likely N-dealkylation sites (tertiary alicyclic amines) is 1. The average Bonchev–Trinajstić information content (AvgIpc) is 2.17. The zero-order valence-electron chi connectivity index (χ0n) is 8.86. The van der Waals surface area contributed by atoms with Crippen LogP contribution in [0, 0.1) is 5.92 Å². The second-order valence-corrected chi connectivity index (χ2v) is 4.27. The minimum Gasteiger partial charge on any atom is -0.313 e. The molecule has 0 aromatic rings. The van der Waals surface area contributed by atoms with Crippen LogP contribution in [0.5, 0.6) is 0 Å². The number of fused-ring (bicyclic) bond motifs is 1. The summed E-state index contributed by atoms with van der Waals surface area (Å²) in [5.74, 6) is 0.767. The zero-order valence-corrected chi connectivity index (χ0v) is 8.86. The molecule has 0 N–H and O–H groups in total. The minimum absolute atomic E-state index is 0.184. The molecule has 0 aromatic heterocycles. The van der Waals surface area contributed by atoms with E-state index < -0.39 is 0 Å². The van der Waals surface area contributed by atoms with Gasteiger partial charge in [-0.1, -0.05) is 12.2 Å². The van der Waals surface area contributed by atoms with E-state index in [1.54, 1.807) is 6.92 Å². The highest BCUT2D eigenvalue weighted by Gasteiger charge is 2.31. The van der Waals surface area contributed by atoms with Crippen molar-refractivity contribution in [3.8, 4) is 0 Å². The van der Waals surface area contributed by atoms with Crippen LogP contribution in [0.2, 0.25) is 0 Å². The normalized spacial score (nSPS) is 31.0. The predicted molar refractivity (Wildman–Crippen MR) is 56.5 cm³/mol. The monoisotopic (exact) mass is 191 g/mol. The van der Waals surface area contributed by atoms with E-state index in [9.17, 15) is 4.79 Å². The van der Waals surface area contributed by atoms with Gasteiger partial charge in [-0.15, -0.1) is 0 Å². The quantitative estimate of drug-likeness (QED) is 0.576. The number of carbonyl (C=O) groups is 1. The smallest absolute Gasteiger partial charge is 0.223 e. The summed E-state index contributed by atoms with van der Waals surface area (Å²) in [7, 11) is 0. The Morgan fingerprint density at radius 1 is 1.50 bits per heavy atom. The van der Waals surface area contributed by atoms with Gasteiger partial charge in [0.05, 0.1) is 0 Å². The summed E-state index contributed by atoms with van der Waals surface area (Å²) in [6.45, 7) is 3.80. The molecule has 76 valence electrons. The van der Waals surface area contributed by atoms with Crippen molar-refractivity contribution >= 4 is 5.91 Å². The maximum absolute atomic E-state index is 11.5. The molecule has 2 nitrogen and oxygen atoms in total. The molecule has 1 aliphatic heterocycles. The molecule has 14 heavy (non-hydrogen) atoms. The second-order valence-electron chi connectivity index (χ2n) is 4.27. The second kappa shape index (κ2) is 3.60. The number of hydrogen-bond donors (Lipinski definition) is 0. The lowest BCUT2D eigenvalue weighted by Gasteiger charge is -2.40. The summed E-state index contributed by atoms with van der Waals surface area (Å²) >= 11 is 0. The molecule has 2 atom stereocenters. The summed E-state index contributed by atoms with van der Waals surface area (Å²) in [6.07, 6.45) is 9.83. The fourth-order valence-corrected chi connectivity index (χ4v) is 2.53. The van der Waals surface area contributed by atoms with Gasteiger partial charge < -0.3 is 4.90 Å². The Balaban J connectivity index is 2.29. The van der Waals surface area contributed by atoms with E-state index in [0.717, 1.165) is 12.8 Å². The first kappa shape index (κ1) is 9.50. The van der Waals surface area contributed by atoms with Crippen LogP contribution in [0.25, 0.3) is 0 Å². The van der Waals surface area contributed by atoms with E-state index in [2.05, 4.69) is 25.2 Å². The average molecular weight is 191 g/mol. The number of allylic oxidation sites excluding steroid dienone is 4. The summed E-state index contributed by atoms with van der Waals surface area (Å²) in [4.78, 5) is 13.5. The first-order valence-corrected chi connectivity index (χ1v) is 5.36. The molecule has 0 aromatic carbocycles. The number of nitrogens with zero attached hydrogens (tertiary/aromatic N) is 1. The maximum atomic E-state index is 11.5. The molecule has 0 saturated carbocycles. The molecule has 1 fully saturated rings. The molecule has 0 spiro atoms. The molecule has 1 saturated heterocycles. The van der Waals surface area contributed by atoms with Gasteiger partial charge in [-0.2, -0.15) is 0 Å². The Labute approximate surface area is 85.3 Å². The topological polar surface area (TPSA) is 20.3 Å². The van der Waals surface area contributed by atoms with Crippen LogP contribution < -0.4 is 0 Å². The first-order chi connectivity index (χ1) is 6.70. The molecule has 1 heterocycles. The summed E-state index contributed by atoms with van der Waals surface area (Å²) in [6, 6.07) is 0.376. The Bertz CT molecular complexity index is 303. The number of hydrogen-bond acceptors (Lipinski definition) is 1. The zero-order chi connectivity index (χ0) is 10.1. The fourth-order valence-electron chi connectivity index (χ4n) is 2.53. The van der Waals surface area contributed by atoms with Crippen molar-refractivity contribution < 1.29 is 4.79 Å². The molecule has 2 heteroatoms. The Kier molecular flexibility index (Phi) is 2.44. The molecule has 2 aliphatic rings. The number of piperidine rings is 1. The molecular formula is C12H17NO. The van der Waals surface area contributed by atoms with Gasteiger partial charge in [-0.25, -0.2) is 0 Å². The Morgan fingerprint density at radius 3 is 3.00 bits per heavy atom. The van der Waals surface area contributed by atoms with E-state index in [-0.39, 0.29) is 5.91 Å². The van der Waals surface area contributed by atoms with Crippen molar-refractivity contribution in [1.29, 1.82) is 0 Å². The molecule has 0 radical (unpaired) electrons. The molecule has 2 unspecified atom stereocenters. The van der Waals surface area contributed by atoms with Crippen LogP contribution in [0.15, 0.2) is 23.9 Å². The molecular weight excluding hydrogens is 174 g/mol. The third kappa shape index (κ3) is 1.49. The third-order valence-electron chi connectivity index (χ3n) is 3.23. The summed E-state index contributed by atoms with van der Waals surface area (Å²) in [5, 5.41) is 0. The lowest BCUT2D eigenvalue weighted by molar-refractivity contribution is -0.130. The van der Waals surface area contributed by atoms with Crippen molar-refractivity contribution in [2.24, 2.45) is 5.92 Å². The van der Waals surface area contributed by atoms with Crippen molar-refractivity contribution in [3.05, 3.63) is 23.9 Å². The largest absolute Gasteiger partial charge is 0.313 e. The van der Waals surface area contributed by atoms with Crippen molar-refractivity contribution in [3.63, 3.8) is 0 Å². The lowest BCUT2D eigenvalue weighted by Crippen LogP contribution is -2.43. The van der Waals surface area contributed by atoms with Gasteiger partial charge in [0.25, 0.3) is 0 Å². The number of amides is 1. The molecule has 2 rings (SSSR count). The molecule has 1 amide bonds. The van der Waals surface area contributed by atoms with E-state index in [0.29, 0.717) is 12.0 Å². The van der Waals surface area contributed by atoms with Crippen molar-refractivity contribution in [2.75, 3.05) is 0 Å². The van der Waals surface area contributed by atoms with Crippen LogP contribution in [0.1, 0.15) is 33.1 Å². The van der Waals surface area contributed by atoms with Gasteiger partial charge in [-0.05, 0) is 32.3 Å². The van der Waals surface area contributed by atoms with Crippen molar-refractivity contribution in [2.45, 2.75) is 39.2 Å². The van der Waals surface area contributed by atoms with Gasteiger partial charge >= 0.3 is 0 Å². The standard InChI is InChI=1S/C12H17NO/c1-9-7-8-11-5-3-4-6-12(11)13(9)10(2)14/h3-4,6,9,11H,5,7-8H2,1-2H3. The highest BCUT2D eigenvalue weighted by molar-refractivity contribution is 5.76. The van der Waals surface area contributed by atoms with Crippen molar-refractivity contribution in [1.82, 2.24) is 4.90 Å². The fraction of sp³-hybridized carbons (Fsp3) is 0.583. The van der Waals surface area contributed by atoms with Gasteiger partial charge in [0.15, 0.2) is 0 Å². The van der Waals surface area contributed by atoms with E-state index in [1.165, 1.54) is 12.1 Å². The number of rotatable bonds is 0. The van der Waals surface area contributed by atoms with E-state index >= 15 is 0 Å². The van der Waals surface area contributed by atoms with Crippen LogP contribution in [0.4, 0.5) is 0 Å². The Morgan fingerprint density at radius 2 is 2.29 bits per heavy atom. The van der Waals surface area contributed by atoms with Gasteiger partial charge in [-0.3, -0.25) is 4.79 Å².